The molecule has 0 saturated carbocycles. The number of likely N-dealkylation sites (N-methyl/N-ethyl adjacent to an activating group) is 1. The minimum atomic E-state index is -0.0137. The van der Waals surface area contributed by atoms with Gasteiger partial charge in [-0.3, -0.25) is 9.69 Å². The number of hydrogen-bond donors (Lipinski definition) is 1. The molecule has 1 aromatic rings. The summed E-state index contributed by atoms with van der Waals surface area (Å²) in [5, 5.41) is 11.1. The van der Waals surface area contributed by atoms with Crippen LogP contribution >= 0.6 is 0 Å². The fourth-order valence-corrected chi connectivity index (χ4v) is 2.85. The second-order valence-electron chi connectivity index (χ2n) is 5.25. The molecule has 0 bridgehead atoms. The van der Waals surface area contributed by atoms with Crippen LogP contribution in [0, 0.1) is 0 Å². The lowest BCUT2D eigenvalue weighted by molar-refractivity contribution is 0.0771. The van der Waals surface area contributed by atoms with Gasteiger partial charge >= 0.3 is 0 Å². The molecular formula is C15H25N5O. The van der Waals surface area contributed by atoms with Crippen molar-refractivity contribution in [3.63, 3.8) is 0 Å². The molecule has 1 atom stereocenters. The summed E-state index contributed by atoms with van der Waals surface area (Å²) in [6.07, 6.45) is 1.04. The first-order valence-electron chi connectivity index (χ1n) is 7.80. The summed E-state index contributed by atoms with van der Waals surface area (Å²) in [6.45, 7) is 10.8. The number of carbonyl (C=O) groups excluding carboxylic acids is 1. The van der Waals surface area contributed by atoms with E-state index in [0.717, 1.165) is 39.1 Å². The predicted octanol–water partition coefficient (Wildman–Crippen LogP) is 1.46. The number of rotatable bonds is 6. The highest BCUT2D eigenvalue weighted by Crippen LogP contribution is 2.17. The molecule has 1 saturated heterocycles. The lowest BCUT2D eigenvalue weighted by Gasteiger charge is -2.26. The maximum absolute atomic E-state index is 12.4. The number of carbonyl (C=O) groups is 1. The lowest BCUT2D eigenvalue weighted by Crippen LogP contribution is -2.38. The summed E-state index contributed by atoms with van der Waals surface area (Å²) < 4.78 is 0. The van der Waals surface area contributed by atoms with Crippen LogP contribution in [-0.2, 0) is 0 Å². The summed E-state index contributed by atoms with van der Waals surface area (Å²) >= 11 is 0. The van der Waals surface area contributed by atoms with Crippen LogP contribution in [0.2, 0.25) is 0 Å². The van der Waals surface area contributed by atoms with Crippen molar-refractivity contribution in [1.29, 1.82) is 0 Å². The van der Waals surface area contributed by atoms with E-state index < -0.39 is 0 Å². The van der Waals surface area contributed by atoms with E-state index >= 15 is 0 Å². The highest BCUT2D eigenvalue weighted by atomic mass is 16.2. The number of anilines is 1. The predicted molar refractivity (Wildman–Crippen MR) is 83.4 cm³/mol. The van der Waals surface area contributed by atoms with E-state index in [0.29, 0.717) is 17.6 Å². The molecule has 0 aliphatic carbocycles. The average molecular weight is 291 g/mol. The summed E-state index contributed by atoms with van der Waals surface area (Å²) in [4.78, 5) is 16.7. The zero-order valence-electron chi connectivity index (χ0n) is 13.2. The average Bonchev–Trinajstić information content (AvgIpc) is 2.99. The molecule has 2 heterocycles. The summed E-state index contributed by atoms with van der Waals surface area (Å²) in [6, 6.07) is 4.03. The van der Waals surface area contributed by atoms with Crippen LogP contribution < -0.4 is 5.32 Å². The smallest absolute Gasteiger partial charge is 0.274 e. The van der Waals surface area contributed by atoms with Gasteiger partial charge in [-0.1, -0.05) is 13.8 Å². The second kappa shape index (κ2) is 7.36. The highest BCUT2D eigenvalue weighted by molar-refractivity contribution is 5.92. The van der Waals surface area contributed by atoms with Crippen molar-refractivity contribution < 1.29 is 4.79 Å². The maximum Gasteiger partial charge on any atom is 0.274 e. The lowest BCUT2D eigenvalue weighted by atomic mass is 10.2. The Morgan fingerprint density at radius 2 is 2.10 bits per heavy atom. The van der Waals surface area contributed by atoms with Crippen molar-refractivity contribution in [2.75, 3.05) is 38.0 Å². The van der Waals surface area contributed by atoms with Crippen molar-refractivity contribution >= 4 is 11.7 Å². The minimum Gasteiger partial charge on any atom is -0.369 e. The summed E-state index contributed by atoms with van der Waals surface area (Å²) in [7, 11) is 0. The fraction of sp³-hybridized carbons (Fsp3) is 0.667. The molecule has 1 fully saturated rings. The van der Waals surface area contributed by atoms with E-state index in [9.17, 15) is 4.79 Å². The number of hydrogen-bond acceptors (Lipinski definition) is 5. The zero-order chi connectivity index (χ0) is 15.2. The molecule has 0 radical (unpaired) electrons. The van der Waals surface area contributed by atoms with Gasteiger partial charge in [-0.15, -0.1) is 10.2 Å². The van der Waals surface area contributed by atoms with Crippen LogP contribution in [0.1, 0.15) is 37.7 Å². The van der Waals surface area contributed by atoms with Gasteiger partial charge in [0.15, 0.2) is 5.69 Å². The zero-order valence-corrected chi connectivity index (χ0v) is 13.2. The number of aromatic nitrogens is 2. The summed E-state index contributed by atoms with van der Waals surface area (Å²) in [5.74, 6) is 0.691. The van der Waals surface area contributed by atoms with Crippen LogP contribution in [0.25, 0.3) is 0 Å². The molecule has 2 rings (SSSR count). The van der Waals surface area contributed by atoms with E-state index in [-0.39, 0.29) is 5.91 Å². The van der Waals surface area contributed by atoms with Gasteiger partial charge in [-0.05, 0) is 38.6 Å². The van der Waals surface area contributed by atoms with Crippen molar-refractivity contribution in [3.05, 3.63) is 17.8 Å². The minimum absolute atomic E-state index is 0.0137. The monoisotopic (exact) mass is 291 g/mol. The topological polar surface area (TPSA) is 61.4 Å². The van der Waals surface area contributed by atoms with Crippen LogP contribution in [0.5, 0.6) is 0 Å². The molecule has 1 aromatic heterocycles. The van der Waals surface area contributed by atoms with Crippen LogP contribution in [-0.4, -0.2) is 64.7 Å². The Morgan fingerprint density at radius 1 is 1.33 bits per heavy atom. The summed E-state index contributed by atoms with van der Waals surface area (Å²) in [5.41, 5.74) is 0.428. The third kappa shape index (κ3) is 3.69. The molecular weight excluding hydrogens is 266 g/mol. The van der Waals surface area contributed by atoms with Gasteiger partial charge in [-0.25, -0.2) is 0 Å². The SMILES string of the molecule is CCNc1ccc(C(=O)N2CCC(N(CC)CC)C2)nn1. The van der Waals surface area contributed by atoms with Gasteiger partial charge in [0, 0.05) is 25.7 Å². The molecule has 1 aliphatic heterocycles. The first-order valence-corrected chi connectivity index (χ1v) is 7.80. The van der Waals surface area contributed by atoms with E-state index in [1.807, 2.05) is 17.9 Å². The van der Waals surface area contributed by atoms with Crippen LogP contribution in [0.3, 0.4) is 0 Å². The third-order valence-electron chi connectivity index (χ3n) is 4.02. The second-order valence-corrected chi connectivity index (χ2v) is 5.25. The molecule has 1 unspecified atom stereocenters. The maximum atomic E-state index is 12.4. The van der Waals surface area contributed by atoms with E-state index in [4.69, 9.17) is 0 Å². The molecule has 0 spiro atoms. The quantitative estimate of drug-likeness (QED) is 0.860. The fourth-order valence-electron chi connectivity index (χ4n) is 2.85. The van der Waals surface area contributed by atoms with Gasteiger partial charge in [0.2, 0.25) is 0 Å². The first kappa shape index (κ1) is 15.7. The van der Waals surface area contributed by atoms with E-state index in [2.05, 4.69) is 34.3 Å². The van der Waals surface area contributed by atoms with E-state index in [1.54, 1.807) is 6.07 Å². The Hall–Kier alpha value is -1.69. The Kier molecular flexibility index (Phi) is 5.50. The van der Waals surface area contributed by atoms with E-state index in [1.165, 1.54) is 0 Å². The van der Waals surface area contributed by atoms with Crippen LogP contribution in [0.15, 0.2) is 12.1 Å². The Bertz CT molecular complexity index is 458. The normalized spacial score (nSPS) is 18.3. The molecule has 6 nitrogen and oxygen atoms in total. The largest absolute Gasteiger partial charge is 0.369 e. The molecule has 1 aliphatic rings. The molecule has 21 heavy (non-hydrogen) atoms. The Morgan fingerprint density at radius 3 is 2.67 bits per heavy atom. The molecule has 6 heteroatoms. The van der Waals surface area contributed by atoms with Gasteiger partial charge in [0.1, 0.15) is 5.82 Å². The van der Waals surface area contributed by atoms with Gasteiger partial charge < -0.3 is 10.2 Å². The number of amides is 1. The molecule has 0 aromatic carbocycles. The first-order chi connectivity index (χ1) is 10.2. The van der Waals surface area contributed by atoms with Crippen LogP contribution in [0.4, 0.5) is 5.82 Å². The molecule has 1 N–H and O–H groups in total. The Labute approximate surface area is 126 Å². The molecule has 1 amide bonds. The van der Waals surface area contributed by atoms with Crippen molar-refractivity contribution in [1.82, 2.24) is 20.0 Å². The standard InChI is InChI=1S/C15H25N5O/c1-4-16-14-8-7-13(17-18-14)15(21)20-10-9-12(11-20)19(5-2)6-3/h7-8,12H,4-6,9-11H2,1-3H3,(H,16,18). The molecule has 116 valence electrons. The van der Waals surface area contributed by atoms with Crippen molar-refractivity contribution in [2.45, 2.75) is 33.2 Å². The third-order valence-corrected chi connectivity index (χ3v) is 4.02. The van der Waals surface area contributed by atoms with Gasteiger partial charge in [-0.2, -0.15) is 0 Å². The number of likely N-dealkylation sites (tertiary alicyclic amines) is 1. The van der Waals surface area contributed by atoms with Gasteiger partial charge in [0.25, 0.3) is 5.91 Å². The number of nitrogens with zero attached hydrogens (tertiary/aromatic N) is 4. The van der Waals surface area contributed by atoms with Gasteiger partial charge in [0.05, 0.1) is 0 Å². The Balaban J connectivity index is 1.97. The van der Waals surface area contributed by atoms with Crippen molar-refractivity contribution in [2.24, 2.45) is 0 Å². The highest BCUT2D eigenvalue weighted by Gasteiger charge is 2.30. The van der Waals surface area contributed by atoms with Crippen molar-refractivity contribution in [3.8, 4) is 0 Å². The number of nitrogens with one attached hydrogen (secondary N) is 1.